The third kappa shape index (κ3) is 4.08. The molecule has 5 nitrogen and oxygen atoms in total. The average molecular weight is 337 g/mol. The van der Waals surface area contributed by atoms with Crippen LogP contribution in [0.25, 0.3) is 0 Å². The Hall–Kier alpha value is -1.60. The van der Waals surface area contributed by atoms with Crippen LogP contribution in [-0.4, -0.2) is 30.0 Å². The summed E-state index contributed by atoms with van der Waals surface area (Å²) in [4.78, 5) is 11.7. The largest absolute Gasteiger partial charge is 0.494 e. The molecule has 0 aromatic heterocycles. The highest BCUT2D eigenvalue weighted by atomic mass is 19.1. The van der Waals surface area contributed by atoms with Gasteiger partial charge < -0.3 is 19.4 Å². The van der Waals surface area contributed by atoms with Gasteiger partial charge >= 0.3 is 13.2 Å². The molecule has 1 saturated heterocycles. The van der Waals surface area contributed by atoms with Crippen molar-refractivity contribution in [2.45, 2.75) is 65.2 Å². The van der Waals surface area contributed by atoms with E-state index in [1.165, 1.54) is 12.1 Å². The number of hydrogen-bond donors (Lipinski definition) is 1. The van der Waals surface area contributed by atoms with Gasteiger partial charge in [-0.3, -0.25) is 0 Å². The quantitative estimate of drug-likeness (QED) is 0.843. The lowest BCUT2D eigenvalue weighted by Gasteiger charge is -2.32. The number of amides is 1. The van der Waals surface area contributed by atoms with E-state index in [0.717, 1.165) is 0 Å². The summed E-state index contributed by atoms with van der Waals surface area (Å²) < 4.78 is 31.0. The molecule has 0 unspecified atom stereocenters. The van der Waals surface area contributed by atoms with Crippen molar-refractivity contribution in [2.24, 2.45) is 0 Å². The maximum atomic E-state index is 14.3. The van der Waals surface area contributed by atoms with Crippen LogP contribution in [0.15, 0.2) is 18.2 Å². The molecule has 24 heavy (non-hydrogen) atoms. The SMILES string of the molecule is CC(C)(C)NC(=O)Oc1ccc(B2OC(C)(C)C(C)(C)O2)cc1F. The zero-order valence-corrected chi connectivity index (χ0v) is 15.3. The van der Waals surface area contributed by atoms with Crippen molar-refractivity contribution >= 4 is 18.7 Å². The van der Waals surface area contributed by atoms with Gasteiger partial charge in [-0.1, -0.05) is 6.07 Å². The maximum Gasteiger partial charge on any atom is 0.494 e. The molecular weight excluding hydrogens is 312 g/mol. The lowest BCUT2D eigenvalue weighted by molar-refractivity contribution is 0.00578. The van der Waals surface area contributed by atoms with E-state index in [-0.39, 0.29) is 5.75 Å². The zero-order chi connectivity index (χ0) is 18.3. The van der Waals surface area contributed by atoms with Gasteiger partial charge in [0.2, 0.25) is 0 Å². The fourth-order valence-corrected chi connectivity index (χ4v) is 2.16. The smallest absolute Gasteiger partial charge is 0.407 e. The van der Waals surface area contributed by atoms with Crippen molar-refractivity contribution in [2.75, 3.05) is 0 Å². The molecule has 0 radical (unpaired) electrons. The summed E-state index contributed by atoms with van der Waals surface area (Å²) in [7, 11) is -0.665. The Morgan fingerprint density at radius 1 is 1.17 bits per heavy atom. The van der Waals surface area contributed by atoms with Crippen molar-refractivity contribution in [3.05, 3.63) is 24.0 Å². The summed E-state index contributed by atoms with van der Waals surface area (Å²) in [5.41, 5.74) is -0.933. The van der Waals surface area contributed by atoms with Gasteiger partial charge in [0, 0.05) is 5.54 Å². The Bertz CT molecular complexity index is 624. The molecule has 0 atom stereocenters. The summed E-state index contributed by atoms with van der Waals surface area (Å²) >= 11 is 0. The number of ether oxygens (including phenoxy) is 1. The normalized spacial score (nSPS) is 19.2. The van der Waals surface area contributed by atoms with Gasteiger partial charge in [0.1, 0.15) is 0 Å². The van der Waals surface area contributed by atoms with Gasteiger partial charge in [-0.05, 0) is 66.1 Å². The average Bonchev–Trinajstić information content (AvgIpc) is 2.58. The second-order valence-corrected chi connectivity index (χ2v) is 8.04. The molecular formula is C17H25BFNO4. The molecule has 2 rings (SSSR count). The fraction of sp³-hybridized carbons (Fsp3) is 0.588. The lowest BCUT2D eigenvalue weighted by Crippen LogP contribution is -2.42. The third-order valence-corrected chi connectivity index (χ3v) is 4.16. The van der Waals surface area contributed by atoms with Gasteiger partial charge in [0.15, 0.2) is 11.6 Å². The minimum absolute atomic E-state index is 0.142. The number of rotatable bonds is 2. The molecule has 1 aromatic rings. The summed E-state index contributed by atoms with van der Waals surface area (Å²) in [5.74, 6) is -0.789. The molecule has 1 aliphatic rings. The predicted molar refractivity (Wildman–Crippen MR) is 91.0 cm³/mol. The highest BCUT2D eigenvalue weighted by Crippen LogP contribution is 2.36. The van der Waals surface area contributed by atoms with E-state index in [1.807, 2.05) is 48.5 Å². The first-order valence-electron chi connectivity index (χ1n) is 7.96. The Kier molecular flexibility index (Phi) is 4.72. The number of hydrogen-bond acceptors (Lipinski definition) is 4. The summed E-state index contributed by atoms with van der Waals surface area (Å²) in [6.07, 6.45) is -0.704. The van der Waals surface area contributed by atoms with Crippen molar-refractivity contribution in [3.8, 4) is 5.75 Å². The monoisotopic (exact) mass is 337 g/mol. The minimum atomic E-state index is -0.704. The predicted octanol–water partition coefficient (Wildman–Crippen LogP) is 3.01. The molecule has 1 aliphatic heterocycles. The van der Waals surface area contributed by atoms with Crippen molar-refractivity contribution < 1.29 is 23.2 Å². The van der Waals surface area contributed by atoms with Crippen LogP contribution in [0.4, 0.5) is 9.18 Å². The molecule has 132 valence electrons. The van der Waals surface area contributed by atoms with Crippen LogP contribution in [0.3, 0.4) is 0 Å². The van der Waals surface area contributed by atoms with Crippen molar-refractivity contribution in [1.29, 1.82) is 0 Å². The van der Waals surface area contributed by atoms with E-state index in [1.54, 1.807) is 6.07 Å². The van der Waals surface area contributed by atoms with E-state index >= 15 is 0 Å². The van der Waals surface area contributed by atoms with Gasteiger partial charge in [0.25, 0.3) is 0 Å². The van der Waals surface area contributed by atoms with Crippen LogP contribution in [0, 0.1) is 5.82 Å². The first-order valence-corrected chi connectivity index (χ1v) is 7.96. The molecule has 7 heteroatoms. The molecule has 1 heterocycles. The third-order valence-electron chi connectivity index (χ3n) is 4.16. The molecule has 0 bridgehead atoms. The summed E-state index contributed by atoms with van der Waals surface area (Å²) in [6.45, 7) is 13.1. The van der Waals surface area contributed by atoms with Crippen LogP contribution in [0.2, 0.25) is 0 Å². The Morgan fingerprint density at radius 3 is 2.17 bits per heavy atom. The van der Waals surface area contributed by atoms with E-state index in [0.29, 0.717) is 5.46 Å². The molecule has 1 fully saturated rings. The van der Waals surface area contributed by atoms with E-state index in [2.05, 4.69) is 5.32 Å². The second-order valence-electron chi connectivity index (χ2n) is 8.04. The minimum Gasteiger partial charge on any atom is -0.407 e. The molecule has 0 aliphatic carbocycles. The molecule has 0 saturated carbocycles. The molecule has 1 N–H and O–H groups in total. The maximum absolute atomic E-state index is 14.3. The van der Waals surface area contributed by atoms with E-state index in [4.69, 9.17) is 14.0 Å². The highest BCUT2D eigenvalue weighted by Gasteiger charge is 2.51. The van der Waals surface area contributed by atoms with Crippen LogP contribution < -0.4 is 15.5 Å². The van der Waals surface area contributed by atoms with Gasteiger partial charge in [0.05, 0.1) is 11.2 Å². The number of nitrogens with one attached hydrogen (secondary N) is 1. The Labute approximate surface area is 143 Å². The van der Waals surface area contributed by atoms with Gasteiger partial charge in [-0.15, -0.1) is 0 Å². The molecule has 0 spiro atoms. The van der Waals surface area contributed by atoms with Crippen molar-refractivity contribution in [3.63, 3.8) is 0 Å². The van der Waals surface area contributed by atoms with Crippen LogP contribution in [-0.2, 0) is 9.31 Å². The van der Waals surface area contributed by atoms with E-state index in [9.17, 15) is 9.18 Å². The number of halogens is 1. The van der Waals surface area contributed by atoms with Crippen molar-refractivity contribution in [1.82, 2.24) is 5.32 Å². The summed E-state index contributed by atoms with van der Waals surface area (Å²) in [6, 6.07) is 4.30. The van der Waals surface area contributed by atoms with Gasteiger partial charge in [-0.25, -0.2) is 9.18 Å². The standard InChI is InChI=1S/C17H25BFNO4/c1-15(2,3)20-14(21)22-13-9-8-11(10-12(13)19)18-23-16(4,5)17(6,7)24-18/h8-10H,1-7H3,(H,20,21). The van der Waals surface area contributed by atoms with E-state index < -0.39 is 35.8 Å². The lowest BCUT2D eigenvalue weighted by atomic mass is 9.79. The second kappa shape index (κ2) is 6.04. The fourth-order valence-electron chi connectivity index (χ4n) is 2.16. The Balaban J connectivity index is 2.12. The summed E-state index contributed by atoms with van der Waals surface area (Å²) in [5, 5.41) is 2.61. The van der Waals surface area contributed by atoms with Crippen LogP contribution in [0.1, 0.15) is 48.5 Å². The molecule has 1 amide bonds. The Morgan fingerprint density at radius 2 is 1.71 bits per heavy atom. The number of carbonyl (C=O) groups excluding carboxylic acids is 1. The van der Waals surface area contributed by atoms with Crippen LogP contribution >= 0.6 is 0 Å². The van der Waals surface area contributed by atoms with Gasteiger partial charge in [-0.2, -0.15) is 0 Å². The zero-order valence-electron chi connectivity index (χ0n) is 15.3. The topological polar surface area (TPSA) is 56.8 Å². The highest BCUT2D eigenvalue weighted by molar-refractivity contribution is 6.62. The first-order chi connectivity index (χ1) is 10.8. The van der Waals surface area contributed by atoms with Crippen LogP contribution in [0.5, 0.6) is 5.75 Å². The first kappa shape index (κ1) is 18.7. The number of benzene rings is 1. The number of carbonyl (C=O) groups is 1. The molecule has 1 aromatic carbocycles.